The zero-order valence-electron chi connectivity index (χ0n) is 19.7. The molecule has 37 heavy (non-hydrogen) atoms. The third-order valence-corrected chi connectivity index (χ3v) is 5.70. The first-order valence-corrected chi connectivity index (χ1v) is 11.7. The molecule has 10 heteroatoms. The molecule has 3 amide bonds. The molecule has 3 aromatic rings. The number of nitrogens with zero attached hydrogens (tertiary/aromatic N) is 1. The summed E-state index contributed by atoms with van der Waals surface area (Å²) in [5.41, 5.74) is 1.62. The summed E-state index contributed by atoms with van der Waals surface area (Å²) in [7, 11) is 0. The lowest BCUT2D eigenvalue weighted by Gasteiger charge is -2.15. The molecule has 0 saturated heterocycles. The largest absolute Gasteiger partial charge is 0.508 e. The lowest BCUT2D eigenvalue weighted by molar-refractivity contribution is -0.120. The van der Waals surface area contributed by atoms with E-state index in [9.17, 15) is 24.3 Å². The van der Waals surface area contributed by atoms with Crippen LogP contribution in [0, 0.1) is 0 Å². The maximum Gasteiger partial charge on any atom is 0.338 e. The Morgan fingerprint density at radius 1 is 0.919 bits per heavy atom. The third-order valence-electron chi connectivity index (χ3n) is 5.35. The summed E-state index contributed by atoms with van der Waals surface area (Å²) in [4.78, 5) is 51.1. The van der Waals surface area contributed by atoms with Crippen LogP contribution >= 0.6 is 11.6 Å². The van der Waals surface area contributed by atoms with Crippen LogP contribution in [0.15, 0.2) is 83.5 Å². The molecule has 1 heterocycles. The normalized spacial score (nSPS) is 13.1. The molecule has 0 bridgehead atoms. The molecule has 0 spiro atoms. The zero-order valence-corrected chi connectivity index (χ0v) is 20.4. The molecule has 1 aliphatic rings. The van der Waals surface area contributed by atoms with Crippen molar-refractivity contribution in [2.75, 3.05) is 22.1 Å². The molecule has 0 atom stereocenters. The minimum atomic E-state index is -0.711. The average Bonchev–Trinajstić information content (AvgIpc) is 3.10. The first-order valence-electron chi connectivity index (χ1n) is 11.3. The second-order valence-corrected chi connectivity index (χ2v) is 8.40. The number of hydrogen-bond donors (Lipinski definition) is 3. The molecule has 0 radical (unpaired) electrons. The Kier molecular flexibility index (Phi) is 7.55. The zero-order chi connectivity index (χ0) is 26.5. The molecule has 188 valence electrons. The average molecular weight is 520 g/mol. The number of rotatable bonds is 8. The molecule has 3 N–H and O–H groups in total. The smallest absolute Gasteiger partial charge is 0.338 e. The number of imide groups is 1. The Labute approximate surface area is 217 Å². The van der Waals surface area contributed by atoms with E-state index in [1.54, 1.807) is 24.3 Å². The number of benzene rings is 3. The number of phenols is 1. The molecule has 4 rings (SSSR count). The number of phenolic OH excluding ortho intramolecular Hbond substituents is 1. The van der Waals surface area contributed by atoms with Gasteiger partial charge < -0.3 is 20.5 Å². The van der Waals surface area contributed by atoms with Crippen LogP contribution in [-0.4, -0.2) is 35.4 Å². The van der Waals surface area contributed by atoms with Gasteiger partial charge in [-0.15, -0.1) is 0 Å². The Morgan fingerprint density at radius 3 is 2.24 bits per heavy atom. The molecule has 0 aliphatic carbocycles. The van der Waals surface area contributed by atoms with Gasteiger partial charge in [-0.2, -0.15) is 0 Å². The van der Waals surface area contributed by atoms with Crippen LogP contribution in [0.25, 0.3) is 0 Å². The summed E-state index contributed by atoms with van der Waals surface area (Å²) >= 11 is 6.19. The summed E-state index contributed by atoms with van der Waals surface area (Å²) < 4.78 is 5.08. The van der Waals surface area contributed by atoms with E-state index in [-0.39, 0.29) is 22.2 Å². The molecular weight excluding hydrogens is 498 g/mol. The number of amides is 3. The maximum absolute atomic E-state index is 13.0. The number of ether oxygens (including phenoxy) is 1. The van der Waals surface area contributed by atoms with Crippen LogP contribution in [0.3, 0.4) is 0 Å². The molecule has 0 saturated carbocycles. The molecule has 0 unspecified atom stereocenters. The van der Waals surface area contributed by atoms with Crippen molar-refractivity contribution in [2.24, 2.45) is 0 Å². The van der Waals surface area contributed by atoms with Crippen LogP contribution in [0.4, 0.5) is 17.1 Å². The molecule has 0 fully saturated rings. The number of carbonyl (C=O) groups excluding carboxylic acids is 4. The van der Waals surface area contributed by atoms with Crippen LogP contribution in [0.1, 0.15) is 34.1 Å². The van der Waals surface area contributed by atoms with E-state index in [1.807, 2.05) is 6.92 Å². The monoisotopic (exact) mass is 519 g/mol. The number of aromatic hydroxyl groups is 1. The first-order chi connectivity index (χ1) is 17.8. The summed E-state index contributed by atoms with van der Waals surface area (Å²) in [5, 5.41) is 14.8. The standard InChI is InChI=1S/C27H22ClN3O6/c1-2-14-37-27(36)17-8-12-20(13-9-17)31-25(34)22(28)23(26(31)35)29-18-10-6-16(7-11-18)24(33)30-19-4-3-5-21(32)15-19/h3-13,15,29,32H,2,14H2,1H3,(H,30,33). The minimum Gasteiger partial charge on any atom is -0.508 e. The Bertz CT molecular complexity index is 1400. The summed E-state index contributed by atoms with van der Waals surface area (Å²) in [6.45, 7) is 2.18. The number of esters is 1. The highest BCUT2D eigenvalue weighted by Gasteiger charge is 2.39. The first kappa shape index (κ1) is 25.5. The van der Waals surface area contributed by atoms with Gasteiger partial charge in [0.2, 0.25) is 0 Å². The van der Waals surface area contributed by atoms with Crippen molar-refractivity contribution in [3.8, 4) is 5.75 Å². The van der Waals surface area contributed by atoms with Crippen molar-refractivity contribution in [3.05, 3.63) is 94.7 Å². The van der Waals surface area contributed by atoms with Crippen LogP contribution < -0.4 is 15.5 Å². The van der Waals surface area contributed by atoms with Gasteiger partial charge >= 0.3 is 5.97 Å². The summed E-state index contributed by atoms with van der Waals surface area (Å²) in [6.07, 6.45) is 0.690. The van der Waals surface area contributed by atoms with Crippen molar-refractivity contribution in [3.63, 3.8) is 0 Å². The number of halogens is 1. The summed E-state index contributed by atoms with van der Waals surface area (Å²) in [6, 6.07) is 18.2. The lowest BCUT2D eigenvalue weighted by Crippen LogP contribution is -2.32. The van der Waals surface area contributed by atoms with E-state index in [1.165, 1.54) is 48.5 Å². The van der Waals surface area contributed by atoms with Gasteiger partial charge in [0.25, 0.3) is 17.7 Å². The van der Waals surface area contributed by atoms with Gasteiger partial charge in [-0.1, -0.05) is 24.6 Å². The van der Waals surface area contributed by atoms with Crippen molar-refractivity contribution >= 4 is 52.4 Å². The fraction of sp³-hybridized carbons (Fsp3) is 0.111. The van der Waals surface area contributed by atoms with Gasteiger partial charge in [0.1, 0.15) is 16.5 Å². The van der Waals surface area contributed by atoms with Gasteiger partial charge in [0.15, 0.2) is 0 Å². The SMILES string of the molecule is CCCOC(=O)c1ccc(N2C(=O)C(Cl)=C(Nc3ccc(C(=O)Nc4cccc(O)c4)cc3)C2=O)cc1. The van der Waals surface area contributed by atoms with E-state index in [0.29, 0.717) is 35.5 Å². The Balaban J connectivity index is 1.44. The lowest BCUT2D eigenvalue weighted by atomic mass is 10.2. The molecule has 9 nitrogen and oxygen atoms in total. The van der Waals surface area contributed by atoms with Crippen LogP contribution in [-0.2, 0) is 14.3 Å². The van der Waals surface area contributed by atoms with Crippen molar-refractivity contribution in [1.29, 1.82) is 0 Å². The van der Waals surface area contributed by atoms with Gasteiger partial charge in [-0.25, -0.2) is 9.69 Å². The molecule has 3 aromatic carbocycles. The van der Waals surface area contributed by atoms with E-state index in [4.69, 9.17) is 16.3 Å². The second-order valence-electron chi connectivity index (χ2n) is 8.02. The molecule has 1 aliphatic heterocycles. The highest BCUT2D eigenvalue weighted by molar-refractivity contribution is 6.53. The van der Waals surface area contributed by atoms with Crippen LogP contribution in [0.5, 0.6) is 5.75 Å². The van der Waals surface area contributed by atoms with Gasteiger partial charge in [0, 0.05) is 23.0 Å². The van der Waals surface area contributed by atoms with Gasteiger partial charge in [-0.05, 0) is 67.1 Å². The quantitative estimate of drug-likeness (QED) is 0.292. The fourth-order valence-corrected chi connectivity index (χ4v) is 3.72. The summed E-state index contributed by atoms with van der Waals surface area (Å²) in [5.74, 6) is -2.24. The second kappa shape index (κ2) is 11.0. The van der Waals surface area contributed by atoms with Crippen LogP contribution in [0.2, 0.25) is 0 Å². The van der Waals surface area contributed by atoms with Crippen molar-refractivity contribution < 1.29 is 29.0 Å². The predicted molar refractivity (Wildman–Crippen MR) is 139 cm³/mol. The minimum absolute atomic E-state index is 0.0257. The van der Waals surface area contributed by atoms with E-state index in [0.717, 1.165) is 4.90 Å². The van der Waals surface area contributed by atoms with Crippen molar-refractivity contribution in [1.82, 2.24) is 0 Å². The topological polar surface area (TPSA) is 125 Å². The number of hydrogen-bond acceptors (Lipinski definition) is 7. The molecular formula is C27H22ClN3O6. The predicted octanol–water partition coefficient (Wildman–Crippen LogP) is 4.65. The Hall–Kier alpha value is -4.63. The number of nitrogens with one attached hydrogen (secondary N) is 2. The number of anilines is 3. The fourth-order valence-electron chi connectivity index (χ4n) is 3.51. The Morgan fingerprint density at radius 2 is 1.59 bits per heavy atom. The van der Waals surface area contributed by atoms with E-state index < -0.39 is 23.7 Å². The highest BCUT2D eigenvalue weighted by atomic mass is 35.5. The van der Waals surface area contributed by atoms with E-state index >= 15 is 0 Å². The van der Waals surface area contributed by atoms with Gasteiger partial charge in [0.05, 0.1) is 17.9 Å². The van der Waals surface area contributed by atoms with E-state index in [2.05, 4.69) is 10.6 Å². The maximum atomic E-state index is 13.0. The van der Waals surface area contributed by atoms with Crippen molar-refractivity contribution in [2.45, 2.75) is 13.3 Å². The van der Waals surface area contributed by atoms with Gasteiger partial charge in [-0.3, -0.25) is 14.4 Å². The molecule has 0 aromatic heterocycles. The number of carbonyl (C=O) groups is 4. The third kappa shape index (κ3) is 5.62. The highest BCUT2D eigenvalue weighted by Crippen LogP contribution is 2.30.